The number of alkyl halides is 6. The quantitative estimate of drug-likeness (QED) is 0.241. The summed E-state index contributed by atoms with van der Waals surface area (Å²) in [6.07, 6.45) is -21.8. The van der Waals surface area contributed by atoms with Crippen LogP contribution in [0.1, 0.15) is 52.9 Å². The highest BCUT2D eigenvalue weighted by molar-refractivity contribution is 5.84. The number of hydrogen-bond acceptors (Lipinski definition) is 11. The van der Waals surface area contributed by atoms with Crippen molar-refractivity contribution in [3.8, 4) is 0 Å². The summed E-state index contributed by atoms with van der Waals surface area (Å²) >= 11 is 0. The number of halogens is 6. The standard InChI is InChI=1S/C24H28F6O11/c1-4-21(2,3)20(34)35-9-11(31)36-14-12-13(37-17(14)33)15-18(38-12)41-22(40-15)7-5-10(6-8-22)16(32)39-19(23(25,26)27)24(28,29)30/h10,12-15,18-19H,4-9H2,1-3H3. The van der Waals surface area contributed by atoms with E-state index >= 15 is 0 Å². The smallest absolute Gasteiger partial charge is 0.434 e. The van der Waals surface area contributed by atoms with Gasteiger partial charge in [0.2, 0.25) is 6.10 Å². The molecule has 5 unspecified atom stereocenters. The Labute approximate surface area is 229 Å². The molecule has 0 aromatic rings. The van der Waals surface area contributed by atoms with E-state index in [-0.39, 0.29) is 25.7 Å². The Bertz CT molecular complexity index is 1040. The molecular formula is C24H28F6O11. The molecule has 1 spiro atoms. The molecule has 1 saturated carbocycles. The van der Waals surface area contributed by atoms with Gasteiger partial charge in [-0.1, -0.05) is 6.92 Å². The Morgan fingerprint density at radius 2 is 1.59 bits per heavy atom. The molecule has 11 nitrogen and oxygen atoms in total. The number of carbonyl (C=O) groups excluding carboxylic acids is 4. The molecule has 3 saturated heterocycles. The summed E-state index contributed by atoms with van der Waals surface area (Å²) in [6, 6.07) is 0. The van der Waals surface area contributed by atoms with E-state index < -0.39 is 96.8 Å². The number of fused-ring (bicyclic) bond motifs is 3. The molecule has 0 amide bonds. The van der Waals surface area contributed by atoms with E-state index in [1.807, 2.05) is 0 Å². The van der Waals surface area contributed by atoms with Crippen molar-refractivity contribution in [3.05, 3.63) is 0 Å². The van der Waals surface area contributed by atoms with Crippen LogP contribution in [-0.4, -0.2) is 85.4 Å². The van der Waals surface area contributed by atoms with E-state index in [9.17, 15) is 45.5 Å². The van der Waals surface area contributed by atoms with Gasteiger partial charge >= 0.3 is 36.2 Å². The summed E-state index contributed by atoms with van der Waals surface area (Å²) in [5, 5.41) is 0. The van der Waals surface area contributed by atoms with Gasteiger partial charge in [-0.05, 0) is 33.1 Å². The minimum Gasteiger partial charge on any atom is -0.454 e. The average molecular weight is 606 g/mol. The molecule has 4 rings (SSSR count). The highest BCUT2D eigenvalue weighted by Crippen LogP contribution is 2.49. The lowest BCUT2D eigenvalue weighted by molar-refractivity contribution is -0.315. The predicted molar refractivity (Wildman–Crippen MR) is 116 cm³/mol. The van der Waals surface area contributed by atoms with Crippen molar-refractivity contribution in [2.24, 2.45) is 11.3 Å². The van der Waals surface area contributed by atoms with Crippen LogP contribution < -0.4 is 0 Å². The third-order valence-corrected chi connectivity index (χ3v) is 7.60. The van der Waals surface area contributed by atoms with E-state index in [1.165, 1.54) is 0 Å². The zero-order chi connectivity index (χ0) is 30.5. The van der Waals surface area contributed by atoms with Gasteiger partial charge in [-0.25, -0.2) is 9.59 Å². The largest absolute Gasteiger partial charge is 0.454 e. The van der Waals surface area contributed by atoms with Gasteiger partial charge in [0.15, 0.2) is 30.9 Å². The topological polar surface area (TPSA) is 133 Å². The molecule has 4 aliphatic rings. The first-order valence-electron chi connectivity index (χ1n) is 12.8. The fourth-order valence-electron chi connectivity index (χ4n) is 4.89. The van der Waals surface area contributed by atoms with Crippen molar-refractivity contribution in [2.75, 3.05) is 6.61 Å². The lowest BCUT2D eigenvalue weighted by Gasteiger charge is -2.36. The zero-order valence-electron chi connectivity index (χ0n) is 22.0. The number of rotatable bonds is 7. The van der Waals surface area contributed by atoms with Crippen LogP contribution in [0.5, 0.6) is 0 Å². The highest BCUT2D eigenvalue weighted by Gasteiger charge is 2.66. The second kappa shape index (κ2) is 10.9. The third kappa shape index (κ3) is 6.40. The molecule has 0 bridgehead atoms. The number of hydrogen-bond donors (Lipinski definition) is 0. The molecule has 0 aromatic heterocycles. The van der Waals surface area contributed by atoms with E-state index in [1.54, 1.807) is 20.8 Å². The van der Waals surface area contributed by atoms with Gasteiger partial charge in [0.25, 0.3) is 6.10 Å². The maximum atomic E-state index is 12.7. The molecule has 0 aromatic carbocycles. The normalized spacial score (nSPS) is 33.4. The van der Waals surface area contributed by atoms with Crippen LogP contribution in [0.15, 0.2) is 0 Å². The first-order valence-corrected chi connectivity index (χ1v) is 12.8. The Hall–Kier alpha value is -2.66. The molecule has 0 radical (unpaired) electrons. The first-order chi connectivity index (χ1) is 18.9. The van der Waals surface area contributed by atoms with Crippen molar-refractivity contribution in [3.63, 3.8) is 0 Å². The Kier molecular flexibility index (Phi) is 8.30. The average Bonchev–Trinajstić information content (AvgIpc) is 3.47. The molecule has 232 valence electrons. The summed E-state index contributed by atoms with van der Waals surface area (Å²) in [6.45, 7) is 4.28. The molecule has 0 N–H and O–H groups in total. The lowest BCUT2D eigenvalue weighted by atomic mass is 9.85. The maximum Gasteiger partial charge on any atom is 0.434 e. The molecule has 5 atom stereocenters. The van der Waals surface area contributed by atoms with Gasteiger partial charge in [0.1, 0.15) is 6.10 Å². The van der Waals surface area contributed by atoms with Gasteiger partial charge in [0, 0.05) is 12.8 Å². The van der Waals surface area contributed by atoms with E-state index in [0.29, 0.717) is 6.42 Å². The van der Waals surface area contributed by atoms with Crippen molar-refractivity contribution in [1.29, 1.82) is 0 Å². The molecule has 3 heterocycles. The Morgan fingerprint density at radius 3 is 2.15 bits per heavy atom. The van der Waals surface area contributed by atoms with Crippen LogP contribution in [0.2, 0.25) is 0 Å². The van der Waals surface area contributed by atoms with Gasteiger partial charge in [-0.15, -0.1) is 0 Å². The summed E-state index contributed by atoms with van der Waals surface area (Å²) in [7, 11) is 0. The van der Waals surface area contributed by atoms with Crippen LogP contribution in [0.25, 0.3) is 0 Å². The minimum absolute atomic E-state index is 0.102. The summed E-state index contributed by atoms with van der Waals surface area (Å²) < 4.78 is 113. The monoisotopic (exact) mass is 606 g/mol. The Balaban J connectivity index is 1.29. The minimum atomic E-state index is -5.83. The van der Waals surface area contributed by atoms with Crippen molar-refractivity contribution < 1.29 is 78.7 Å². The maximum absolute atomic E-state index is 12.7. The fraction of sp³-hybridized carbons (Fsp3) is 0.833. The van der Waals surface area contributed by atoms with Gasteiger partial charge in [-0.3, -0.25) is 9.59 Å². The summed E-state index contributed by atoms with van der Waals surface area (Å²) in [4.78, 5) is 48.7. The highest BCUT2D eigenvalue weighted by atomic mass is 19.4. The fourth-order valence-corrected chi connectivity index (χ4v) is 4.89. The van der Waals surface area contributed by atoms with Crippen LogP contribution in [0.3, 0.4) is 0 Å². The summed E-state index contributed by atoms with van der Waals surface area (Å²) in [5.41, 5.74) is -0.831. The number of carbonyl (C=O) groups is 4. The second-order valence-electron chi connectivity index (χ2n) is 10.9. The first kappa shape index (κ1) is 31.3. The van der Waals surface area contributed by atoms with E-state index in [0.717, 1.165) is 0 Å². The number of ether oxygens (including phenoxy) is 7. The van der Waals surface area contributed by atoms with Crippen molar-refractivity contribution in [2.45, 2.75) is 108 Å². The molecular weight excluding hydrogens is 578 g/mol. The van der Waals surface area contributed by atoms with Crippen LogP contribution >= 0.6 is 0 Å². The predicted octanol–water partition coefficient (Wildman–Crippen LogP) is 2.87. The van der Waals surface area contributed by atoms with Crippen molar-refractivity contribution >= 4 is 23.9 Å². The number of esters is 4. The van der Waals surface area contributed by atoms with E-state index in [2.05, 4.69) is 4.74 Å². The zero-order valence-corrected chi connectivity index (χ0v) is 22.0. The molecule has 41 heavy (non-hydrogen) atoms. The van der Waals surface area contributed by atoms with Crippen LogP contribution in [0, 0.1) is 11.3 Å². The Morgan fingerprint density at radius 1 is 0.976 bits per heavy atom. The van der Waals surface area contributed by atoms with Crippen LogP contribution in [-0.2, 0) is 52.3 Å². The van der Waals surface area contributed by atoms with Gasteiger partial charge < -0.3 is 33.2 Å². The molecule has 1 aliphatic carbocycles. The molecule has 4 fully saturated rings. The van der Waals surface area contributed by atoms with Gasteiger partial charge in [0.05, 0.1) is 11.3 Å². The van der Waals surface area contributed by atoms with E-state index in [4.69, 9.17) is 28.4 Å². The molecule has 17 heteroatoms. The molecule has 3 aliphatic heterocycles. The van der Waals surface area contributed by atoms with Crippen LogP contribution in [0.4, 0.5) is 26.3 Å². The summed E-state index contributed by atoms with van der Waals surface area (Å²) in [5.74, 6) is -6.90. The van der Waals surface area contributed by atoms with Gasteiger partial charge in [-0.2, -0.15) is 26.3 Å². The lowest BCUT2D eigenvalue weighted by Crippen LogP contribution is -2.47. The van der Waals surface area contributed by atoms with Crippen molar-refractivity contribution in [1.82, 2.24) is 0 Å². The third-order valence-electron chi connectivity index (χ3n) is 7.60. The second-order valence-corrected chi connectivity index (χ2v) is 10.9. The SMILES string of the molecule is CCC(C)(C)C(=O)OCC(=O)OC1C(=O)OC2C3OC4(CCC(C(=O)OC(C(F)(F)F)C(F)(F)F)CC4)OC3OC12.